The number of aliphatic hydroxyl groups is 1. The smallest absolute Gasteiger partial charge is 0.391 e. The maximum atomic E-state index is 12.4. The Morgan fingerprint density at radius 3 is 2.13 bits per heavy atom. The Labute approximate surface area is 87.6 Å². The van der Waals surface area contributed by atoms with E-state index < -0.39 is 12.1 Å². The monoisotopic (exact) mass is 225 g/mol. The molecule has 0 bridgehead atoms. The second-order valence-corrected chi connectivity index (χ2v) is 4.49. The van der Waals surface area contributed by atoms with Crippen molar-refractivity contribution in [1.29, 1.82) is 0 Å². The summed E-state index contributed by atoms with van der Waals surface area (Å²) in [7, 11) is 0. The van der Waals surface area contributed by atoms with Gasteiger partial charge in [0.1, 0.15) is 0 Å². The summed E-state index contributed by atoms with van der Waals surface area (Å²) in [4.78, 5) is 0. The van der Waals surface area contributed by atoms with Gasteiger partial charge in [0.05, 0.1) is 5.92 Å². The average Bonchev–Trinajstić information content (AvgIpc) is 2.17. The first-order valence-corrected chi connectivity index (χ1v) is 5.31. The fourth-order valence-electron chi connectivity index (χ4n) is 2.35. The first-order chi connectivity index (χ1) is 6.93. The molecular formula is C10H18F3NO. The predicted molar refractivity (Wildman–Crippen MR) is 51.2 cm³/mol. The largest absolute Gasteiger partial charge is 0.396 e. The molecule has 15 heavy (non-hydrogen) atoms. The highest BCUT2D eigenvalue weighted by Crippen LogP contribution is 2.45. The lowest BCUT2D eigenvalue weighted by molar-refractivity contribution is -0.187. The summed E-state index contributed by atoms with van der Waals surface area (Å²) in [5.74, 6) is -1.17. The number of hydrogen-bond acceptors (Lipinski definition) is 2. The van der Waals surface area contributed by atoms with Gasteiger partial charge >= 0.3 is 6.18 Å². The van der Waals surface area contributed by atoms with Crippen molar-refractivity contribution in [3.8, 4) is 0 Å². The summed E-state index contributed by atoms with van der Waals surface area (Å²) in [5.41, 5.74) is 5.33. The normalized spacial score (nSPS) is 33.0. The van der Waals surface area contributed by atoms with Crippen LogP contribution in [-0.4, -0.2) is 24.4 Å². The van der Waals surface area contributed by atoms with Crippen LogP contribution >= 0.6 is 0 Å². The molecule has 5 heteroatoms. The molecule has 0 unspecified atom stereocenters. The summed E-state index contributed by atoms with van der Waals surface area (Å²) in [5, 5.41) is 8.86. The van der Waals surface area contributed by atoms with Gasteiger partial charge in [-0.25, -0.2) is 0 Å². The zero-order chi connectivity index (χ0) is 11.5. The first-order valence-electron chi connectivity index (χ1n) is 5.31. The zero-order valence-corrected chi connectivity index (χ0v) is 8.69. The molecule has 2 nitrogen and oxygen atoms in total. The minimum atomic E-state index is -4.07. The van der Waals surface area contributed by atoms with Crippen LogP contribution in [0.4, 0.5) is 13.2 Å². The molecule has 0 aliphatic heterocycles. The summed E-state index contributed by atoms with van der Waals surface area (Å²) in [6.07, 6.45) is -2.28. The number of nitrogens with two attached hydrogens (primary N) is 1. The molecule has 3 N–H and O–H groups in total. The highest BCUT2D eigenvalue weighted by atomic mass is 19.4. The van der Waals surface area contributed by atoms with Crippen molar-refractivity contribution < 1.29 is 18.3 Å². The van der Waals surface area contributed by atoms with Gasteiger partial charge in [0.2, 0.25) is 0 Å². The molecule has 0 amide bonds. The first kappa shape index (κ1) is 12.8. The van der Waals surface area contributed by atoms with E-state index in [0.717, 1.165) is 0 Å². The van der Waals surface area contributed by atoms with Gasteiger partial charge in [0.15, 0.2) is 0 Å². The Morgan fingerprint density at radius 1 is 1.27 bits per heavy atom. The summed E-state index contributed by atoms with van der Waals surface area (Å²) in [6, 6.07) is 0. The van der Waals surface area contributed by atoms with E-state index >= 15 is 0 Å². The third-order valence-electron chi connectivity index (χ3n) is 3.58. The van der Waals surface area contributed by atoms with Crippen molar-refractivity contribution in [2.45, 2.75) is 38.3 Å². The average molecular weight is 225 g/mol. The minimum Gasteiger partial charge on any atom is -0.396 e. The number of hydrogen-bond donors (Lipinski definition) is 2. The second kappa shape index (κ2) is 4.70. The van der Waals surface area contributed by atoms with Gasteiger partial charge < -0.3 is 10.8 Å². The van der Waals surface area contributed by atoms with Crippen LogP contribution in [-0.2, 0) is 0 Å². The van der Waals surface area contributed by atoms with Crippen LogP contribution in [0.1, 0.15) is 32.1 Å². The van der Waals surface area contributed by atoms with E-state index in [1.54, 1.807) is 0 Å². The highest BCUT2D eigenvalue weighted by Gasteiger charge is 2.45. The van der Waals surface area contributed by atoms with E-state index in [0.29, 0.717) is 25.8 Å². The van der Waals surface area contributed by atoms with E-state index in [1.807, 2.05) is 0 Å². The maximum Gasteiger partial charge on any atom is 0.391 e. The van der Waals surface area contributed by atoms with Gasteiger partial charge in [0.25, 0.3) is 0 Å². The molecular weight excluding hydrogens is 207 g/mol. The van der Waals surface area contributed by atoms with Crippen LogP contribution in [0.15, 0.2) is 0 Å². The molecule has 0 radical (unpaired) electrons. The second-order valence-electron chi connectivity index (χ2n) is 4.49. The van der Waals surface area contributed by atoms with Crippen molar-refractivity contribution in [3.05, 3.63) is 0 Å². The molecule has 1 aliphatic rings. The number of aliphatic hydroxyl groups excluding tert-OH is 1. The molecule has 0 aromatic carbocycles. The van der Waals surface area contributed by atoms with E-state index in [9.17, 15) is 13.2 Å². The molecule has 1 fully saturated rings. The Balaban J connectivity index is 2.53. The molecule has 0 atom stereocenters. The summed E-state index contributed by atoms with van der Waals surface area (Å²) in [6.45, 7) is 0.381. The lowest BCUT2D eigenvalue weighted by Crippen LogP contribution is -2.39. The fraction of sp³-hybridized carbons (Fsp3) is 1.00. The summed E-state index contributed by atoms with van der Waals surface area (Å²) < 4.78 is 37.2. The molecule has 90 valence electrons. The zero-order valence-electron chi connectivity index (χ0n) is 8.69. The Kier molecular flexibility index (Phi) is 4.00. The van der Waals surface area contributed by atoms with Crippen LogP contribution in [0.2, 0.25) is 0 Å². The van der Waals surface area contributed by atoms with Crippen LogP contribution in [0.25, 0.3) is 0 Å². The maximum absolute atomic E-state index is 12.4. The van der Waals surface area contributed by atoms with E-state index in [-0.39, 0.29) is 24.9 Å². The van der Waals surface area contributed by atoms with Gasteiger partial charge in [-0.1, -0.05) is 0 Å². The molecule has 0 spiro atoms. The molecule has 0 saturated heterocycles. The lowest BCUT2D eigenvalue weighted by Gasteiger charge is -2.39. The quantitative estimate of drug-likeness (QED) is 0.772. The minimum absolute atomic E-state index is 0.00782. The molecule has 0 heterocycles. The molecule has 1 saturated carbocycles. The van der Waals surface area contributed by atoms with Gasteiger partial charge in [0, 0.05) is 6.61 Å². The number of rotatable bonds is 3. The van der Waals surface area contributed by atoms with Crippen molar-refractivity contribution in [1.82, 2.24) is 0 Å². The highest BCUT2D eigenvalue weighted by molar-refractivity contribution is 4.88. The fourth-order valence-corrected chi connectivity index (χ4v) is 2.35. The van der Waals surface area contributed by atoms with Gasteiger partial charge in [-0.2, -0.15) is 13.2 Å². The van der Waals surface area contributed by atoms with Crippen LogP contribution in [0.3, 0.4) is 0 Å². The van der Waals surface area contributed by atoms with Gasteiger partial charge in [-0.05, 0) is 44.1 Å². The van der Waals surface area contributed by atoms with Gasteiger partial charge in [-0.15, -0.1) is 0 Å². The topological polar surface area (TPSA) is 46.2 Å². The number of halogens is 3. The number of alkyl halides is 3. The third-order valence-corrected chi connectivity index (χ3v) is 3.58. The van der Waals surface area contributed by atoms with E-state index in [2.05, 4.69) is 0 Å². The van der Waals surface area contributed by atoms with E-state index in [4.69, 9.17) is 10.8 Å². The van der Waals surface area contributed by atoms with Crippen molar-refractivity contribution >= 4 is 0 Å². The lowest BCUT2D eigenvalue weighted by atomic mass is 9.68. The standard InChI is InChI=1S/C10H18F3NO/c11-10(12,13)8-1-3-9(7-14,4-2-8)5-6-15/h8,15H,1-7,14H2. The van der Waals surface area contributed by atoms with Crippen molar-refractivity contribution in [2.24, 2.45) is 17.1 Å². The van der Waals surface area contributed by atoms with Crippen LogP contribution in [0, 0.1) is 11.3 Å². The van der Waals surface area contributed by atoms with E-state index in [1.165, 1.54) is 0 Å². The molecule has 0 aromatic rings. The van der Waals surface area contributed by atoms with Crippen molar-refractivity contribution in [2.75, 3.05) is 13.2 Å². The Bertz CT molecular complexity index is 197. The molecule has 1 aliphatic carbocycles. The SMILES string of the molecule is NCC1(CCO)CCC(C(F)(F)F)CC1. The predicted octanol–water partition coefficient (Wildman–Crippen LogP) is 2.07. The van der Waals surface area contributed by atoms with Gasteiger partial charge in [-0.3, -0.25) is 0 Å². The Morgan fingerprint density at radius 2 is 1.80 bits per heavy atom. The van der Waals surface area contributed by atoms with Crippen molar-refractivity contribution in [3.63, 3.8) is 0 Å². The molecule has 1 rings (SSSR count). The van der Waals surface area contributed by atoms with Crippen LogP contribution < -0.4 is 5.73 Å². The molecule has 0 aromatic heterocycles. The third kappa shape index (κ3) is 3.08. The van der Waals surface area contributed by atoms with Crippen LogP contribution in [0.5, 0.6) is 0 Å². The summed E-state index contributed by atoms with van der Waals surface area (Å²) >= 11 is 0. The Hall–Kier alpha value is -0.290.